The van der Waals surface area contributed by atoms with E-state index in [2.05, 4.69) is 10.3 Å². The Bertz CT molecular complexity index is 854. The van der Waals surface area contributed by atoms with Gasteiger partial charge in [-0.05, 0) is 6.92 Å². The molecule has 0 unspecified atom stereocenters. The van der Waals surface area contributed by atoms with Crippen molar-refractivity contribution in [2.24, 2.45) is 11.8 Å². The van der Waals surface area contributed by atoms with E-state index < -0.39 is 43.1 Å². The van der Waals surface area contributed by atoms with Crippen molar-refractivity contribution in [1.82, 2.24) is 9.88 Å². The number of nitrogens with one attached hydrogen (secondary N) is 1. The first-order valence-corrected chi connectivity index (χ1v) is 8.86. The SMILES string of the molecule is Cc1nc(-c2ccccc2)sc1NC(=O)N1C[C@@H](C(F)(F)F)[C@H](C(=O)O)C1. The molecule has 0 bridgehead atoms. The number of likely N-dealkylation sites (tertiary alicyclic amines) is 1. The van der Waals surface area contributed by atoms with E-state index in [4.69, 9.17) is 5.11 Å². The normalized spacial score (nSPS) is 19.9. The van der Waals surface area contributed by atoms with Gasteiger partial charge in [0.1, 0.15) is 10.0 Å². The molecule has 0 aliphatic carbocycles. The molecule has 0 radical (unpaired) electrons. The number of urea groups is 1. The molecule has 0 spiro atoms. The maximum Gasteiger partial charge on any atom is 0.394 e. The van der Waals surface area contributed by atoms with E-state index >= 15 is 0 Å². The molecule has 3 rings (SSSR count). The van der Waals surface area contributed by atoms with Crippen molar-refractivity contribution < 1.29 is 27.9 Å². The predicted molar refractivity (Wildman–Crippen MR) is 93.5 cm³/mol. The first-order chi connectivity index (χ1) is 12.7. The lowest BCUT2D eigenvalue weighted by Crippen LogP contribution is -2.35. The number of nitrogens with zero attached hydrogens (tertiary/aromatic N) is 2. The molecule has 10 heteroatoms. The average molecular weight is 399 g/mol. The maximum absolute atomic E-state index is 13.1. The summed E-state index contributed by atoms with van der Waals surface area (Å²) >= 11 is 1.20. The van der Waals surface area contributed by atoms with Crippen LogP contribution in [-0.4, -0.2) is 46.3 Å². The minimum absolute atomic E-state index is 0.418. The van der Waals surface area contributed by atoms with Crippen LogP contribution in [0.15, 0.2) is 30.3 Å². The second-order valence-corrected chi connectivity index (χ2v) is 7.23. The fraction of sp³-hybridized carbons (Fsp3) is 0.353. The molecular weight excluding hydrogens is 383 g/mol. The fourth-order valence-electron chi connectivity index (χ4n) is 2.94. The summed E-state index contributed by atoms with van der Waals surface area (Å²) in [6.07, 6.45) is -4.68. The van der Waals surface area contributed by atoms with Crippen LogP contribution in [0.25, 0.3) is 10.6 Å². The number of halogens is 3. The van der Waals surface area contributed by atoms with Gasteiger partial charge in [-0.1, -0.05) is 41.7 Å². The molecule has 1 saturated heterocycles. The van der Waals surface area contributed by atoms with E-state index in [0.717, 1.165) is 10.5 Å². The molecule has 0 saturated carbocycles. The van der Waals surface area contributed by atoms with Gasteiger partial charge < -0.3 is 10.0 Å². The molecule has 2 N–H and O–H groups in total. The van der Waals surface area contributed by atoms with Gasteiger partial charge in [-0.15, -0.1) is 0 Å². The average Bonchev–Trinajstić information content (AvgIpc) is 3.20. The van der Waals surface area contributed by atoms with Gasteiger partial charge in [-0.3, -0.25) is 10.1 Å². The Morgan fingerprint density at radius 2 is 1.93 bits per heavy atom. The number of carbonyl (C=O) groups is 2. The van der Waals surface area contributed by atoms with E-state index in [1.807, 2.05) is 30.3 Å². The molecule has 2 atom stereocenters. The summed E-state index contributed by atoms with van der Waals surface area (Å²) in [6.45, 7) is 0.505. The van der Waals surface area contributed by atoms with Gasteiger partial charge in [0.05, 0.1) is 17.5 Å². The highest BCUT2D eigenvalue weighted by Crippen LogP contribution is 2.38. The zero-order valence-corrected chi connectivity index (χ0v) is 15.0. The number of carboxylic acids is 1. The van der Waals surface area contributed by atoms with Gasteiger partial charge in [-0.2, -0.15) is 13.2 Å². The number of hydrogen-bond acceptors (Lipinski definition) is 4. The third-order valence-electron chi connectivity index (χ3n) is 4.38. The smallest absolute Gasteiger partial charge is 0.394 e. The van der Waals surface area contributed by atoms with E-state index in [9.17, 15) is 22.8 Å². The van der Waals surface area contributed by atoms with Crippen molar-refractivity contribution in [1.29, 1.82) is 0 Å². The number of alkyl halides is 3. The second kappa shape index (κ2) is 7.18. The summed E-state index contributed by atoms with van der Waals surface area (Å²) in [6, 6.07) is 8.50. The summed E-state index contributed by atoms with van der Waals surface area (Å²) in [5.74, 6) is -5.31. The minimum Gasteiger partial charge on any atom is -0.481 e. The van der Waals surface area contributed by atoms with Crippen molar-refractivity contribution in [3.05, 3.63) is 36.0 Å². The number of aliphatic carboxylic acids is 1. The van der Waals surface area contributed by atoms with E-state index in [1.165, 1.54) is 11.3 Å². The van der Waals surface area contributed by atoms with Crippen LogP contribution in [0, 0.1) is 18.8 Å². The second-order valence-electron chi connectivity index (χ2n) is 6.23. The third-order valence-corrected chi connectivity index (χ3v) is 5.50. The highest BCUT2D eigenvalue weighted by molar-refractivity contribution is 7.19. The molecule has 1 aromatic heterocycles. The number of amides is 2. The van der Waals surface area contributed by atoms with Crippen molar-refractivity contribution >= 4 is 28.3 Å². The largest absolute Gasteiger partial charge is 0.481 e. The molecular formula is C17H16F3N3O3S. The van der Waals surface area contributed by atoms with Gasteiger partial charge in [0.25, 0.3) is 0 Å². The van der Waals surface area contributed by atoms with Crippen LogP contribution in [0.2, 0.25) is 0 Å². The van der Waals surface area contributed by atoms with Crippen LogP contribution in [0.3, 0.4) is 0 Å². The highest BCUT2D eigenvalue weighted by atomic mass is 32.1. The fourth-order valence-corrected chi connectivity index (χ4v) is 3.91. The van der Waals surface area contributed by atoms with Crippen LogP contribution < -0.4 is 5.32 Å². The zero-order valence-electron chi connectivity index (χ0n) is 14.2. The molecule has 6 nitrogen and oxygen atoms in total. The Labute approximate surface area is 156 Å². The zero-order chi connectivity index (χ0) is 19.8. The Morgan fingerprint density at radius 3 is 2.48 bits per heavy atom. The van der Waals surface area contributed by atoms with Gasteiger partial charge >= 0.3 is 18.2 Å². The predicted octanol–water partition coefficient (Wildman–Crippen LogP) is 3.85. The summed E-state index contributed by atoms with van der Waals surface area (Å²) in [5, 5.41) is 12.7. The summed E-state index contributed by atoms with van der Waals surface area (Å²) < 4.78 is 39.2. The number of carbonyl (C=O) groups excluding carboxylic acids is 1. The number of anilines is 1. The van der Waals surface area contributed by atoms with E-state index in [1.54, 1.807) is 6.92 Å². The number of benzene rings is 1. The van der Waals surface area contributed by atoms with Crippen molar-refractivity contribution in [2.45, 2.75) is 13.1 Å². The lowest BCUT2D eigenvalue weighted by Gasteiger charge is -2.18. The van der Waals surface area contributed by atoms with Crippen molar-refractivity contribution in [3.8, 4) is 10.6 Å². The molecule has 144 valence electrons. The van der Waals surface area contributed by atoms with Crippen LogP contribution >= 0.6 is 11.3 Å². The first kappa shape index (κ1) is 19.2. The number of aromatic nitrogens is 1. The quantitative estimate of drug-likeness (QED) is 0.822. The molecule has 1 fully saturated rings. The Hall–Kier alpha value is -2.62. The van der Waals surface area contributed by atoms with Crippen LogP contribution in [0.4, 0.5) is 23.0 Å². The first-order valence-electron chi connectivity index (χ1n) is 8.05. The van der Waals surface area contributed by atoms with Crippen LogP contribution in [0.1, 0.15) is 5.69 Å². The van der Waals surface area contributed by atoms with Gasteiger partial charge in [0.15, 0.2) is 0 Å². The topological polar surface area (TPSA) is 82.5 Å². The summed E-state index contributed by atoms with van der Waals surface area (Å²) in [4.78, 5) is 28.8. The summed E-state index contributed by atoms with van der Waals surface area (Å²) in [5.41, 5.74) is 1.39. The third kappa shape index (κ3) is 4.05. The van der Waals surface area contributed by atoms with Gasteiger partial charge in [0.2, 0.25) is 0 Å². The number of thiazole rings is 1. The van der Waals surface area contributed by atoms with Crippen LogP contribution in [0.5, 0.6) is 0 Å². The monoisotopic (exact) mass is 399 g/mol. The van der Waals surface area contributed by atoms with Crippen LogP contribution in [-0.2, 0) is 4.79 Å². The molecule has 1 aliphatic heterocycles. The van der Waals surface area contributed by atoms with Crippen molar-refractivity contribution in [3.63, 3.8) is 0 Å². The van der Waals surface area contributed by atoms with Crippen molar-refractivity contribution in [2.75, 3.05) is 18.4 Å². The Balaban J connectivity index is 1.75. The number of aryl methyl sites for hydroxylation is 1. The summed E-state index contributed by atoms with van der Waals surface area (Å²) in [7, 11) is 0. The van der Waals surface area contributed by atoms with E-state index in [0.29, 0.717) is 15.7 Å². The lowest BCUT2D eigenvalue weighted by molar-refractivity contribution is -0.187. The minimum atomic E-state index is -4.68. The Kier molecular flexibility index (Phi) is 5.09. The van der Waals surface area contributed by atoms with Gasteiger partial charge in [0, 0.05) is 18.7 Å². The maximum atomic E-state index is 13.1. The molecule has 2 amide bonds. The standard InChI is InChI=1S/C17H16F3N3O3S/c1-9-13(27-14(21-9)10-5-3-2-4-6-10)22-16(26)23-7-11(15(24)25)12(8-23)17(18,19)20/h2-6,11-12H,7-8H2,1H3,(H,22,26)(H,24,25)/t11-,12-/m1/s1. The number of hydrogen-bond donors (Lipinski definition) is 2. The molecule has 27 heavy (non-hydrogen) atoms. The van der Waals surface area contributed by atoms with Gasteiger partial charge in [-0.25, -0.2) is 9.78 Å². The highest BCUT2D eigenvalue weighted by Gasteiger charge is 2.53. The molecule has 1 aliphatic rings. The van der Waals surface area contributed by atoms with E-state index in [-0.39, 0.29) is 0 Å². The Morgan fingerprint density at radius 1 is 1.26 bits per heavy atom. The molecule has 2 aromatic rings. The molecule has 2 heterocycles. The number of carboxylic acid groups (broad SMARTS) is 1. The molecule has 1 aromatic carbocycles. The lowest BCUT2D eigenvalue weighted by atomic mass is 9.96. The number of rotatable bonds is 3.